The molecule has 0 heteroatoms. The van der Waals surface area contributed by atoms with Crippen LogP contribution in [0.3, 0.4) is 0 Å². The van der Waals surface area contributed by atoms with Gasteiger partial charge in [0.2, 0.25) is 0 Å². The molecule has 0 amide bonds. The van der Waals surface area contributed by atoms with Gasteiger partial charge in [0.25, 0.3) is 0 Å². The van der Waals surface area contributed by atoms with Crippen molar-refractivity contribution < 1.29 is 0 Å². The van der Waals surface area contributed by atoms with E-state index in [9.17, 15) is 0 Å². The molecular weight excluding hydrogens is 216 g/mol. The van der Waals surface area contributed by atoms with E-state index in [0.717, 1.165) is 12.3 Å². The third-order valence-corrected chi connectivity index (χ3v) is 5.08. The molecule has 0 N–H and O–H groups in total. The SMILES string of the molecule is C=C(C[C@@H]1C[C@@]1(C)C(C)(C)C)c1ccc(C)cc1. The van der Waals surface area contributed by atoms with Crippen LogP contribution in [0.2, 0.25) is 0 Å². The molecule has 0 bridgehead atoms. The zero-order chi connectivity index (χ0) is 13.6. The molecule has 0 nitrogen and oxygen atoms in total. The second-order valence-electron chi connectivity index (χ2n) is 7.24. The number of hydrogen-bond donors (Lipinski definition) is 0. The zero-order valence-corrected chi connectivity index (χ0v) is 12.5. The highest BCUT2D eigenvalue weighted by molar-refractivity contribution is 5.64. The van der Waals surface area contributed by atoms with Gasteiger partial charge >= 0.3 is 0 Å². The normalized spacial score (nSPS) is 27.1. The number of allylic oxidation sites excluding steroid dienone is 1. The van der Waals surface area contributed by atoms with Gasteiger partial charge in [0, 0.05) is 0 Å². The summed E-state index contributed by atoms with van der Waals surface area (Å²) >= 11 is 0. The first-order chi connectivity index (χ1) is 8.24. The van der Waals surface area contributed by atoms with Crippen LogP contribution in [0.15, 0.2) is 30.8 Å². The largest absolute Gasteiger partial charge is 0.0952 e. The van der Waals surface area contributed by atoms with Crippen molar-refractivity contribution in [1.82, 2.24) is 0 Å². The van der Waals surface area contributed by atoms with Crippen LogP contribution in [0.5, 0.6) is 0 Å². The van der Waals surface area contributed by atoms with Crippen LogP contribution in [0, 0.1) is 23.7 Å². The molecule has 1 fully saturated rings. The molecule has 0 aromatic heterocycles. The summed E-state index contributed by atoms with van der Waals surface area (Å²) in [6, 6.07) is 8.76. The van der Waals surface area contributed by atoms with E-state index in [-0.39, 0.29) is 0 Å². The molecule has 1 saturated carbocycles. The molecule has 1 aromatic rings. The minimum absolute atomic E-state index is 0.408. The summed E-state index contributed by atoms with van der Waals surface area (Å²) in [6.07, 6.45) is 2.50. The lowest BCUT2D eigenvalue weighted by molar-refractivity contribution is 0.215. The van der Waals surface area contributed by atoms with Crippen molar-refractivity contribution in [2.75, 3.05) is 0 Å². The summed E-state index contributed by atoms with van der Waals surface area (Å²) in [5.74, 6) is 0.811. The molecule has 0 spiro atoms. The average Bonchev–Trinajstić information content (AvgIpc) is 2.91. The Morgan fingerprint density at radius 1 is 1.28 bits per heavy atom. The minimum Gasteiger partial charge on any atom is -0.0952 e. The first-order valence-electron chi connectivity index (χ1n) is 6.99. The molecule has 98 valence electrons. The second-order valence-corrected chi connectivity index (χ2v) is 7.24. The van der Waals surface area contributed by atoms with E-state index in [1.165, 1.54) is 23.1 Å². The maximum atomic E-state index is 4.28. The monoisotopic (exact) mass is 242 g/mol. The lowest BCUT2D eigenvalue weighted by Gasteiger charge is -2.29. The third-order valence-electron chi connectivity index (χ3n) is 5.08. The summed E-state index contributed by atoms with van der Waals surface area (Å²) in [5.41, 5.74) is 4.83. The van der Waals surface area contributed by atoms with Gasteiger partial charge in [-0.05, 0) is 47.6 Å². The van der Waals surface area contributed by atoms with E-state index in [4.69, 9.17) is 0 Å². The van der Waals surface area contributed by atoms with Crippen LogP contribution in [-0.2, 0) is 0 Å². The van der Waals surface area contributed by atoms with Crippen LogP contribution >= 0.6 is 0 Å². The maximum Gasteiger partial charge on any atom is -0.0230 e. The van der Waals surface area contributed by atoms with Gasteiger partial charge in [-0.3, -0.25) is 0 Å². The van der Waals surface area contributed by atoms with Crippen molar-refractivity contribution in [3.05, 3.63) is 42.0 Å². The predicted molar refractivity (Wildman–Crippen MR) is 80.5 cm³/mol. The first-order valence-corrected chi connectivity index (χ1v) is 6.99. The molecule has 0 heterocycles. The highest BCUT2D eigenvalue weighted by atomic mass is 14.6. The Morgan fingerprint density at radius 3 is 2.28 bits per heavy atom. The number of rotatable bonds is 3. The summed E-state index contributed by atoms with van der Waals surface area (Å²) in [6.45, 7) is 15.9. The molecule has 1 aromatic carbocycles. The van der Waals surface area contributed by atoms with Crippen LogP contribution in [-0.4, -0.2) is 0 Å². The Bertz CT molecular complexity index is 444. The number of hydrogen-bond acceptors (Lipinski definition) is 0. The van der Waals surface area contributed by atoms with Crippen molar-refractivity contribution >= 4 is 5.57 Å². The van der Waals surface area contributed by atoms with Crippen molar-refractivity contribution in [3.63, 3.8) is 0 Å². The second kappa shape index (κ2) is 4.26. The molecule has 0 saturated heterocycles. The van der Waals surface area contributed by atoms with Gasteiger partial charge in [0.15, 0.2) is 0 Å². The summed E-state index contributed by atoms with van der Waals surface area (Å²) in [4.78, 5) is 0. The fourth-order valence-electron chi connectivity index (χ4n) is 2.87. The summed E-state index contributed by atoms with van der Waals surface area (Å²) in [5, 5.41) is 0. The van der Waals surface area contributed by atoms with Gasteiger partial charge in [0.05, 0.1) is 0 Å². The van der Waals surface area contributed by atoms with Crippen molar-refractivity contribution in [1.29, 1.82) is 0 Å². The summed E-state index contributed by atoms with van der Waals surface area (Å²) < 4.78 is 0. The molecule has 0 radical (unpaired) electrons. The smallest absolute Gasteiger partial charge is 0.0230 e. The fraction of sp³-hybridized carbons (Fsp3) is 0.556. The first kappa shape index (κ1) is 13.4. The Labute approximate surface area is 112 Å². The number of benzene rings is 1. The van der Waals surface area contributed by atoms with Gasteiger partial charge < -0.3 is 0 Å². The molecule has 0 unspecified atom stereocenters. The highest BCUT2D eigenvalue weighted by Crippen LogP contribution is 2.65. The molecule has 1 aliphatic carbocycles. The Morgan fingerprint density at radius 2 is 1.83 bits per heavy atom. The highest BCUT2D eigenvalue weighted by Gasteiger charge is 2.56. The molecule has 2 atom stereocenters. The van der Waals surface area contributed by atoms with Gasteiger partial charge in [0.1, 0.15) is 0 Å². The van der Waals surface area contributed by atoms with E-state index in [2.05, 4.69) is 65.5 Å². The Balaban J connectivity index is 2.01. The standard InChI is InChI=1S/C18H26/c1-13-7-9-15(10-8-13)14(2)11-16-12-18(16,6)17(3,4)5/h7-10,16H,2,11-12H2,1,3-6H3/t16-,18-/m1/s1. The minimum atomic E-state index is 0.408. The van der Waals surface area contributed by atoms with Crippen LogP contribution < -0.4 is 0 Å². The fourth-order valence-corrected chi connectivity index (χ4v) is 2.87. The van der Waals surface area contributed by atoms with Crippen LogP contribution in [0.1, 0.15) is 51.7 Å². The average molecular weight is 242 g/mol. The van der Waals surface area contributed by atoms with E-state index < -0.39 is 0 Å². The van der Waals surface area contributed by atoms with Gasteiger partial charge in [-0.15, -0.1) is 0 Å². The van der Waals surface area contributed by atoms with Gasteiger partial charge in [-0.1, -0.05) is 64.1 Å². The quantitative estimate of drug-likeness (QED) is 0.659. The van der Waals surface area contributed by atoms with E-state index >= 15 is 0 Å². The van der Waals surface area contributed by atoms with Crippen molar-refractivity contribution in [3.8, 4) is 0 Å². The van der Waals surface area contributed by atoms with Gasteiger partial charge in [-0.25, -0.2) is 0 Å². The molecular formula is C18H26. The zero-order valence-electron chi connectivity index (χ0n) is 12.5. The summed E-state index contributed by atoms with van der Waals surface area (Å²) in [7, 11) is 0. The third kappa shape index (κ3) is 2.39. The number of aryl methyl sites for hydroxylation is 1. The van der Waals surface area contributed by atoms with Crippen molar-refractivity contribution in [2.24, 2.45) is 16.7 Å². The van der Waals surface area contributed by atoms with E-state index in [1.807, 2.05) is 0 Å². The Kier molecular flexibility index (Phi) is 3.17. The lowest BCUT2D eigenvalue weighted by Crippen LogP contribution is -2.20. The van der Waals surface area contributed by atoms with Crippen LogP contribution in [0.25, 0.3) is 5.57 Å². The molecule has 1 aliphatic rings. The molecule has 0 aliphatic heterocycles. The van der Waals surface area contributed by atoms with Crippen molar-refractivity contribution in [2.45, 2.75) is 47.5 Å². The topological polar surface area (TPSA) is 0 Å². The predicted octanol–water partition coefficient (Wildman–Crippen LogP) is 5.47. The molecule has 18 heavy (non-hydrogen) atoms. The van der Waals surface area contributed by atoms with E-state index in [0.29, 0.717) is 10.8 Å². The van der Waals surface area contributed by atoms with Gasteiger partial charge in [-0.2, -0.15) is 0 Å². The molecule has 2 rings (SSSR count). The lowest BCUT2D eigenvalue weighted by atomic mass is 9.76. The van der Waals surface area contributed by atoms with Crippen LogP contribution in [0.4, 0.5) is 0 Å². The Hall–Kier alpha value is -1.04. The van der Waals surface area contributed by atoms with E-state index in [1.54, 1.807) is 0 Å². The maximum absolute atomic E-state index is 4.28.